The molecule has 3 atom stereocenters. The van der Waals surface area contributed by atoms with Crippen LogP contribution in [0.3, 0.4) is 0 Å². The number of aryl methyl sites for hydroxylation is 3. The van der Waals surface area contributed by atoms with E-state index in [0.29, 0.717) is 46.4 Å². The Balaban J connectivity index is 1.10. The van der Waals surface area contributed by atoms with Crippen LogP contribution in [0.25, 0.3) is 21.3 Å². The number of piperidine rings is 2. The monoisotopic (exact) mass is 647 g/mol. The van der Waals surface area contributed by atoms with Gasteiger partial charge >= 0.3 is 5.97 Å². The van der Waals surface area contributed by atoms with Crippen molar-refractivity contribution in [3.8, 4) is 16.9 Å². The number of carboxylic acid groups (broad SMARTS) is 1. The van der Waals surface area contributed by atoms with Crippen molar-refractivity contribution in [2.75, 3.05) is 26.2 Å². The molecule has 0 bridgehead atoms. The van der Waals surface area contributed by atoms with Gasteiger partial charge in [0.1, 0.15) is 18.2 Å². The molecule has 3 unspecified atom stereocenters. The first-order chi connectivity index (χ1) is 21.8. The van der Waals surface area contributed by atoms with Crippen LogP contribution < -0.4 is 15.6 Å². The quantitative estimate of drug-likeness (QED) is 0.271. The molecule has 2 aliphatic heterocycles. The van der Waals surface area contributed by atoms with E-state index in [1.54, 1.807) is 16.0 Å². The maximum Gasteiger partial charge on any atom is 0.338 e. The highest BCUT2D eigenvalue weighted by Gasteiger charge is 2.36. The van der Waals surface area contributed by atoms with Crippen LogP contribution in [0.4, 0.5) is 0 Å². The van der Waals surface area contributed by atoms with Gasteiger partial charge in [0.25, 0.3) is 5.56 Å². The van der Waals surface area contributed by atoms with Crippen LogP contribution in [0.2, 0.25) is 5.02 Å². The second-order valence-electron chi connectivity index (χ2n) is 12.6. The molecule has 0 saturated carbocycles. The number of nitrogens with zero attached hydrogens (tertiary/aromatic N) is 4. The fourth-order valence-electron chi connectivity index (χ4n) is 7.54. The number of ether oxygens (including phenoxy) is 1. The van der Waals surface area contributed by atoms with Gasteiger partial charge in [-0.15, -0.1) is 11.3 Å². The van der Waals surface area contributed by atoms with E-state index >= 15 is 0 Å². The third-order valence-electron chi connectivity index (χ3n) is 9.84. The highest BCUT2D eigenvalue weighted by atomic mass is 35.5. The predicted molar refractivity (Wildman–Crippen MR) is 177 cm³/mol. The van der Waals surface area contributed by atoms with E-state index in [1.807, 2.05) is 32.0 Å². The Labute approximate surface area is 271 Å². The standard InChI is InChI=1S/C34H38ClN5O4S/c1-19-14-25(32-31(37-19)27(18-45-32)34(42)43)24-15-22(35)5-8-30(24)44-13-12-40-20(2)38-28-7-6-23(16-26(28)33(40)41)39-11-9-21-4-3-10-36-29(21)17-39/h5,8,14-15,18,21,23,29,36H,3-4,6-7,9-13,16-17H2,1-2H3,(H,42,43). The van der Waals surface area contributed by atoms with E-state index in [-0.39, 0.29) is 17.7 Å². The van der Waals surface area contributed by atoms with Gasteiger partial charge in [-0.3, -0.25) is 19.2 Å². The number of aromatic nitrogens is 3. The second kappa shape index (κ2) is 12.5. The highest BCUT2D eigenvalue weighted by Crippen LogP contribution is 2.40. The molecular formula is C34H38ClN5O4S. The van der Waals surface area contributed by atoms with Crippen molar-refractivity contribution in [2.45, 2.75) is 71.0 Å². The summed E-state index contributed by atoms with van der Waals surface area (Å²) < 4.78 is 8.83. The number of rotatable bonds is 7. The molecule has 11 heteroatoms. The summed E-state index contributed by atoms with van der Waals surface area (Å²) in [6, 6.07) is 8.29. The molecule has 1 aliphatic carbocycles. The molecule has 0 radical (unpaired) electrons. The summed E-state index contributed by atoms with van der Waals surface area (Å²) in [6.07, 6.45) is 6.48. The van der Waals surface area contributed by atoms with Crippen molar-refractivity contribution in [2.24, 2.45) is 5.92 Å². The Morgan fingerprint density at radius 1 is 1.18 bits per heavy atom. The van der Waals surface area contributed by atoms with Crippen molar-refractivity contribution in [3.63, 3.8) is 0 Å². The number of hydrogen-bond acceptors (Lipinski definition) is 8. The fraction of sp³-hybridized carbons (Fsp3) is 0.471. The van der Waals surface area contributed by atoms with Gasteiger partial charge in [-0.1, -0.05) is 11.6 Å². The molecule has 236 valence electrons. The minimum absolute atomic E-state index is 0.0408. The largest absolute Gasteiger partial charge is 0.491 e. The lowest BCUT2D eigenvalue weighted by atomic mass is 9.82. The molecule has 0 amide bonds. The van der Waals surface area contributed by atoms with Gasteiger partial charge in [0.05, 0.1) is 28.0 Å². The van der Waals surface area contributed by atoms with Gasteiger partial charge in [-0.2, -0.15) is 0 Å². The molecule has 2 N–H and O–H groups in total. The Bertz CT molecular complexity index is 1840. The first-order valence-corrected chi connectivity index (χ1v) is 17.1. The number of aromatic carboxylic acids is 1. The average molecular weight is 648 g/mol. The van der Waals surface area contributed by atoms with E-state index in [1.165, 1.54) is 30.6 Å². The van der Waals surface area contributed by atoms with Crippen molar-refractivity contribution in [1.82, 2.24) is 24.8 Å². The van der Waals surface area contributed by atoms with E-state index in [2.05, 4.69) is 15.2 Å². The molecule has 4 aromatic rings. The zero-order valence-corrected chi connectivity index (χ0v) is 27.2. The molecule has 7 rings (SSSR count). The van der Waals surface area contributed by atoms with E-state index < -0.39 is 5.97 Å². The number of halogens is 1. The van der Waals surface area contributed by atoms with Crippen LogP contribution in [0.15, 0.2) is 34.4 Å². The number of hydrogen-bond donors (Lipinski definition) is 2. The SMILES string of the molecule is Cc1cc(-c2cc(Cl)ccc2OCCn2c(C)nc3c(c2=O)CC(N2CCC4CCCNC4C2)CC3)c2scc(C(=O)O)c2n1. The Kier molecular flexibility index (Phi) is 8.41. The summed E-state index contributed by atoms with van der Waals surface area (Å²) in [5.74, 6) is 1.09. The van der Waals surface area contributed by atoms with Gasteiger partial charge in [-0.25, -0.2) is 9.78 Å². The number of benzene rings is 1. The minimum atomic E-state index is -1.01. The summed E-state index contributed by atoms with van der Waals surface area (Å²) in [5, 5.41) is 15.6. The molecule has 45 heavy (non-hydrogen) atoms. The number of likely N-dealkylation sites (tertiary alicyclic amines) is 1. The van der Waals surface area contributed by atoms with Gasteiger partial charge in [0.15, 0.2) is 0 Å². The third-order valence-corrected chi connectivity index (χ3v) is 11.1. The lowest BCUT2D eigenvalue weighted by Gasteiger charge is -2.45. The Morgan fingerprint density at radius 3 is 2.89 bits per heavy atom. The molecule has 5 heterocycles. The van der Waals surface area contributed by atoms with Crippen molar-refractivity contribution < 1.29 is 14.6 Å². The summed E-state index contributed by atoms with van der Waals surface area (Å²) in [6.45, 7) is 7.66. The highest BCUT2D eigenvalue weighted by molar-refractivity contribution is 7.18. The Hall–Kier alpha value is -3.31. The number of fused-ring (bicyclic) bond motifs is 3. The topological polar surface area (TPSA) is 110 Å². The fourth-order valence-corrected chi connectivity index (χ4v) is 8.73. The summed E-state index contributed by atoms with van der Waals surface area (Å²) in [4.78, 5) is 37.7. The number of carbonyl (C=O) groups is 1. The van der Waals surface area contributed by atoms with Crippen molar-refractivity contribution >= 4 is 39.1 Å². The zero-order valence-electron chi connectivity index (χ0n) is 25.6. The molecule has 2 saturated heterocycles. The van der Waals surface area contributed by atoms with Gasteiger partial charge in [0.2, 0.25) is 0 Å². The number of thiophene rings is 1. The summed E-state index contributed by atoms with van der Waals surface area (Å²) >= 11 is 7.77. The molecule has 2 fully saturated rings. The predicted octanol–water partition coefficient (Wildman–Crippen LogP) is 5.50. The summed E-state index contributed by atoms with van der Waals surface area (Å²) in [7, 11) is 0. The van der Waals surface area contributed by atoms with Gasteiger partial charge in [-0.05, 0) is 95.6 Å². The van der Waals surface area contributed by atoms with Crippen LogP contribution in [-0.2, 0) is 19.4 Å². The first-order valence-electron chi connectivity index (χ1n) is 15.9. The van der Waals surface area contributed by atoms with Gasteiger partial charge in [0, 0.05) is 51.4 Å². The van der Waals surface area contributed by atoms with Crippen molar-refractivity contribution in [3.05, 3.63) is 73.4 Å². The second-order valence-corrected chi connectivity index (χ2v) is 13.9. The van der Waals surface area contributed by atoms with Gasteiger partial charge < -0.3 is 15.2 Å². The molecule has 3 aliphatic rings. The lowest BCUT2D eigenvalue weighted by Crippen LogP contribution is -2.57. The zero-order chi connectivity index (χ0) is 31.2. The van der Waals surface area contributed by atoms with Crippen LogP contribution in [0.1, 0.15) is 58.8 Å². The maximum absolute atomic E-state index is 13.9. The first kappa shape index (κ1) is 30.3. The van der Waals surface area contributed by atoms with Crippen LogP contribution in [0.5, 0.6) is 5.75 Å². The van der Waals surface area contributed by atoms with E-state index in [9.17, 15) is 14.7 Å². The van der Waals surface area contributed by atoms with Crippen LogP contribution in [0, 0.1) is 19.8 Å². The van der Waals surface area contributed by atoms with E-state index in [0.717, 1.165) is 71.9 Å². The van der Waals surface area contributed by atoms with Crippen LogP contribution in [-0.4, -0.2) is 68.8 Å². The summed E-state index contributed by atoms with van der Waals surface area (Å²) in [5.41, 5.74) is 4.74. The molecule has 0 spiro atoms. The van der Waals surface area contributed by atoms with Crippen LogP contribution >= 0.6 is 22.9 Å². The molecule has 1 aromatic carbocycles. The molecular weight excluding hydrogens is 610 g/mol. The lowest BCUT2D eigenvalue weighted by molar-refractivity contribution is 0.0699. The molecule has 3 aromatic heterocycles. The normalized spacial score (nSPS) is 21.8. The average Bonchev–Trinajstić information content (AvgIpc) is 3.46. The van der Waals surface area contributed by atoms with E-state index in [4.69, 9.17) is 21.3 Å². The Morgan fingerprint density at radius 2 is 2.04 bits per heavy atom. The third kappa shape index (κ3) is 5.89. The number of carboxylic acids is 1. The smallest absolute Gasteiger partial charge is 0.338 e. The maximum atomic E-state index is 13.9. The number of pyridine rings is 1. The van der Waals surface area contributed by atoms with Crippen molar-refractivity contribution in [1.29, 1.82) is 0 Å². The number of nitrogens with one attached hydrogen (secondary N) is 1. The molecule has 9 nitrogen and oxygen atoms in total. The minimum Gasteiger partial charge on any atom is -0.491 e.